The van der Waals surface area contributed by atoms with Crippen LogP contribution in [0.3, 0.4) is 0 Å². The average molecular weight is 801 g/mol. The molecular weight excluding hydrogens is 747 g/mol. The molecule has 306 valence electrons. The molecule has 0 amide bonds. The Morgan fingerprint density at radius 2 is 1.62 bits per heavy atom. The summed E-state index contributed by atoms with van der Waals surface area (Å²) in [5, 5.41) is 17.8. The first-order chi connectivity index (χ1) is 26.1. The fourth-order valence-corrected chi connectivity index (χ4v) is 6.97. The van der Waals surface area contributed by atoms with E-state index in [0.29, 0.717) is 5.52 Å². The predicted octanol–water partition coefficient (Wildman–Crippen LogP) is 5.01. The largest absolute Gasteiger partial charge is 0.461 e. The van der Waals surface area contributed by atoms with Crippen molar-refractivity contribution in [2.24, 2.45) is 11.8 Å². The number of rotatable bonds is 16. The summed E-state index contributed by atoms with van der Waals surface area (Å²) >= 11 is 0. The van der Waals surface area contributed by atoms with Crippen molar-refractivity contribution >= 4 is 37.0 Å². The van der Waals surface area contributed by atoms with Crippen molar-refractivity contribution in [1.29, 1.82) is 5.26 Å². The van der Waals surface area contributed by atoms with Crippen LogP contribution in [0.15, 0.2) is 42.7 Å². The lowest BCUT2D eigenvalue weighted by Gasteiger charge is -2.29. The fraction of sp³-hybridized carbons (Fsp3) is 0.579. The number of nitriles is 1. The van der Waals surface area contributed by atoms with Gasteiger partial charge in [0.05, 0.1) is 29.7 Å². The van der Waals surface area contributed by atoms with Crippen molar-refractivity contribution in [3.05, 3.63) is 54.0 Å². The zero-order valence-corrected chi connectivity index (χ0v) is 34.6. The maximum atomic E-state index is 14.7. The van der Waals surface area contributed by atoms with Crippen LogP contribution >= 0.6 is 7.75 Å². The van der Waals surface area contributed by atoms with Gasteiger partial charge in [0.15, 0.2) is 18.0 Å². The summed E-state index contributed by atoms with van der Waals surface area (Å²) in [4.78, 5) is 43.6. The third-order valence-corrected chi connectivity index (χ3v) is 10.7. The number of nitrogens with zero attached hydrogens (tertiary/aromatic N) is 4. The molecule has 1 aliphatic heterocycles. The lowest BCUT2D eigenvalue weighted by atomic mass is 9.87. The van der Waals surface area contributed by atoms with Gasteiger partial charge in [0.2, 0.25) is 5.60 Å². The van der Waals surface area contributed by atoms with Crippen LogP contribution in [0.4, 0.5) is 5.82 Å². The highest BCUT2D eigenvalue weighted by atomic mass is 31.2. The van der Waals surface area contributed by atoms with Crippen molar-refractivity contribution < 1.29 is 51.7 Å². The van der Waals surface area contributed by atoms with Gasteiger partial charge >= 0.3 is 25.7 Å². The van der Waals surface area contributed by atoms with Crippen LogP contribution in [0, 0.1) is 23.2 Å². The molecule has 3 aromatic rings. The second-order valence-electron chi connectivity index (χ2n) is 15.8. The number of methoxy groups -OCH3 is 1. The molecule has 3 N–H and O–H groups in total. The third-order valence-electron chi connectivity index (χ3n) is 9.04. The molecule has 3 heterocycles. The van der Waals surface area contributed by atoms with Gasteiger partial charge in [-0.2, -0.15) is 15.4 Å². The SMILES string of the molecule is COC(C)(C)COC(=O)[C@H](C)NP(=O)(OC[C@H]1O[C@@](C#N)(c2ccc3c(N)ncnn23)[C@H](OC(=O)C(C)C)[C@@H]1OC(=O)C(C)C)Oc1ccc(C(C)(C)C)cc1. The zero-order valence-electron chi connectivity index (χ0n) is 33.7. The van der Waals surface area contributed by atoms with Gasteiger partial charge in [0.1, 0.15) is 42.4 Å². The number of esters is 3. The second-order valence-corrected chi connectivity index (χ2v) is 17.5. The summed E-state index contributed by atoms with van der Waals surface area (Å²) in [5.41, 5.74) is 4.29. The Labute approximate surface area is 327 Å². The normalized spacial score (nSPS) is 21.7. The third kappa shape index (κ3) is 10.0. The molecule has 0 bridgehead atoms. The van der Waals surface area contributed by atoms with E-state index in [9.17, 15) is 24.2 Å². The van der Waals surface area contributed by atoms with Gasteiger partial charge in [-0.15, -0.1) is 0 Å². The maximum Gasteiger partial charge on any atom is 0.459 e. The highest BCUT2D eigenvalue weighted by molar-refractivity contribution is 7.52. The highest BCUT2D eigenvalue weighted by Gasteiger charge is 2.63. The number of ether oxygens (including phenoxy) is 5. The monoisotopic (exact) mass is 800 g/mol. The van der Waals surface area contributed by atoms with Crippen molar-refractivity contribution in [3.63, 3.8) is 0 Å². The Kier molecular flexibility index (Phi) is 13.6. The number of carbonyl (C=O) groups excluding carboxylic acids is 3. The summed E-state index contributed by atoms with van der Waals surface area (Å²) in [7, 11) is -3.09. The quantitative estimate of drug-likeness (QED) is 0.110. The molecule has 0 saturated carbocycles. The Morgan fingerprint density at radius 3 is 2.20 bits per heavy atom. The fourth-order valence-electron chi connectivity index (χ4n) is 5.47. The molecule has 0 spiro atoms. The molecule has 2 aromatic heterocycles. The van der Waals surface area contributed by atoms with E-state index in [1.807, 2.05) is 20.8 Å². The molecule has 6 atom stereocenters. The molecule has 1 saturated heterocycles. The van der Waals surface area contributed by atoms with E-state index in [2.05, 4.69) is 21.2 Å². The molecule has 18 heteroatoms. The van der Waals surface area contributed by atoms with Gasteiger partial charge in [-0.25, -0.2) is 14.1 Å². The van der Waals surface area contributed by atoms with E-state index < -0.39 is 79.7 Å². The first-order valence-corrected chi connectivity index (χ1v) is 19.7. The number of hydrogen-bond acceptors (Lipinski definition) is 15. The number of fused-ring (bicyclic) bond motifs is 1. The van der Waals surface area contributed by atoms with Crippen molar-refractivity contribution in [2.45, 2.75) is 110 Å². The molecule has 17 nitrogen and oxygen atoms in total. The molecule has 0 radical (unpaired) electrons. The summed E-state index contributed by atoms with van der Waals surface area (Å²) in [6.45, 7) is 16.6. The lowest BCUT2D eigenvalue weighted by Crippen LogP contribution is -2.47. The molecule has 1 aliphatic rings. The standard InChI is InChI=1S/C38H53N6O11P/c1-22(2)33(45)52-30-28(54-38(19-39,31(30)53-34(46)23(3)4)29-17-16-27-32(40)41-21-42-44(27)29)18-51-56(48,43-24(5)35(47)50-20-37(9,10)49-11)55-26-14-12-25(13-15-26)36(6,7)8/h12-17,21-24,28,30-31H,18,20H2,1-11H3,(H,43,48)(H2,40,41,42)/t24-,28+,30+,31+,38-,56?/m0/s1. The summed E-state index contributed by atoms with van der Waals surface area (Å²) in [6.07, 6.45) is -3.33. The molecule has 56 heavy (non-hydrogen) atoms. The van der Waals surface area contributed by atoms with Crippen LogP contribution in [-0.2, 0) is 58.2 Å². The van der Waals surface area contributed by atoms with E-state index >= 15 is 0 Å². The Hall–Kier alpha value is -4.59. The number of nitrogens with two attached hydrogens (primary N) is 1. The Bertz CT molecular complexity index is 1970. The molecule has 4 rings (SSSR count). The van der Waals surface area contributed by atoms with E-state index in [1.165, 1.54) is 30.9 Å². The Balaban J connectivity index is 1.78. The number of carbonyl (C=O) groups is 3. The van der Waals surface area contributed by atoms with E-state index in [4.69, 9.17) is 38.5 Å². The first-order valence-electron chi connectivity index (χ1n) is 18.2. The van der Waals surface area contributed by atoms with Crippen molar-refractivity contribution in [2.75, 3.05) is 26.1 Å². The minimum absolute atomic E-state index is 0.0746. The number of aromatic nitrogens is 3. The van der Waals surface area contributed by atoms with E-state index in [0.717, 1.165) is 5.56 Å². The second kappa shape index (κ2) is 17.3. The topological polar surface area (TPSA) is 225 Å². The van der Waals surface area contributed by atoms with Crippen molar-refractivity contribution in [1.82, 2.24) is 19.7 Å². The first kappa shape index (κ1) is 44.1. The smallest absolute Gasteiger partial charge is 0.459 e. The molecule has 1 fully saturated rings. The van der Waals surface area contributed by atoms with Crippen LogP contribution in [-0.4, -0.2) is 82.8 Å². The minimum Gasteiger partial charge on any atom is -0.461 e. The number of nitrogen functional groups attached to an aromatic ring is 1. The number of anilines is 1. The van der Waals surface area contributed by atoms with E-state index in [-0.39, 0.29) is 29.3 Å². The van der Waals surface area contributed by atoms with Gasteiger partial charge in [-0.3, -0.25) is 18.9 Å². The predicted molar refractivity (Wildman–Crippen MR) is 203 cm³/mol. The summed E-state index contributed by atoms with van der Waals surface area (Å²) in [5.74, 6) is -3.30. The van der Waals surface area contributed by atoms with Gasteiger partial charge in [-0.05, 0) is 56.0 Å². The van der Waals surface area contributed by atoms with Gasteiger partial charge in [0, 0.05) is 7.11 Å². The van der Waals surface area contributed by atoms with Crippen LogP contribution < -0.4 is 15.3 Å². The highest BCUT2D eigenvalue weighted by Crippen LogP contribution is 2.49. The van der Waals surface area contributed by atoms with Gasteiger partial charge < -0.3 is 33.9 Å². The van der Waals surface area contributed by atoms with Gasteiger partial charge in [0.25, 0.3) is 0 Å². The molecular formula is C38H53N6O11P. The molecule has 0 aliphatic carbocycles. The van der Waals surface area contributed by atoms with Crippen LogP contribution in [0.25, 0.3) is 5.52 Å². The number of benzene rings is 1. The number of hydrogen-bond donors (Lipinski definition) is 2. The summed E-state index contributed by atoms with van der Waals surface area (Å²) in [6, 6.07) is 10.8. The maximum absolute atomic E-state index is 14.7. The Morgan fingerprint density at radius 1 is 1.00 bits per heavy atom. The van der Waals surface area contributed by atoms with Gasteiger partial charge in [-0.1, -0.05) is 60.6 Å². The molecule has 1 aromatic carbocycles. The van der Waals surface area contributed by atoms with Crippen LogP contribution in [0.5, 0.6) is 5.75 Å². The van der Waals surface area contributed by atoms with E-state index in [1.54, 1.807) is 71.9 Å². The minimum atomic E-state index is -4.57. The van der Waals surface area contributed by atoms with Crippen LogP contribution in [0.1, 0.15) is 80.5 Å². The molecule has 1 unspecified atom stereocenters. The zero-order chi connectivity index (χ0) is 41.8. The average Bonchev–Trinajstić information content (AvgIpc) is 3.70. The summed E-state index contributed by atoms with van der Waals surface area (Å²) < 4.78 is 57.0. The van der Waals surface area contributed by atoms with Crippen molar-refractivity contribution in [3.8, 4) is 11.8 Å². The lowest BCUT2D eigenvalue weighted by molar-refractivity contribution is -0.173. The van der Waals surface area contributed by atoms with Crippen LogP contribution in [0.2, 0.25) is 0 Å². The number of nitrogens with one attached hydrogen (secondary N) is 1.